The van der Waals surface area contributed by atoms with E-state index in [0.717, 1.165) is 15.6 Å². The Kier molecular flexibility index (Phi) is 5.01. The Hall–Kier alpha value is -0.420. The minimum atomic E-state index is -0.310. The normalized spacial score (nSPS) is 12.5. The van der Waals surface area contributed by atoms with Crippen LogP contribution in [-0.2, 0) is 6.42 Å². The van der Waals surface area contributed by atoms with Crippen molar-refractivity contribution < 1.29 is 4.39 Å². The molecular weight excluding hydrogens is 396 g/mol. The first kappa shape index (κ1) is 15.0. The van der Waals surface area contributed by atoms with Crippen LogP contribution in [0.3, 0.4) is 0 Å². The average molecular weight is 408 g/mol. The van der Waals surface area contributed by atoms with E-state index in [1.54, 1.807) is 6.07 Å². The van der Waals surface area contributed by atoms with Gasteiger partial charge in [0.25, 0.3) is 0 Å². The third-order valence-electron chi connectivity index (χ3n) is 2.83. The lowest BCUT2D eigenvalue weighted by molar-refractivity contribution is 0.612. The molecule has 1 unspecified atom stereocenters. The first-order chi connectivity index (χ1) is 8.97. The van der Waals surface area contributed by atoms with Gasteiger partial charge in [0.2, 0.25) is 0 Å². The van der Waals surface area contributed by atoms with Gasteiger partial charge in [-0.2, -0.15) is 0 Å². The van der Waals surface area contributed by atoms with Gasteiger partial charge in [0.15, 0.2) is 0 Å². The second kappa shape index (κ2) is 6.35. The highest BCUT2D eigenvalue weighted by atomic mass is 79.9. The molecule has 1 nitrogen and oxygen atoms in total. The van der Waals surface area contributed by atoms with E-state index in [9.17, 15) is 4.39 Å². The van der Waals surface area contributed by atoms with Gasteiger partial charge in [-0.15, -0.1) is 0 Å². The summed E-state index contributed by atoms with van der Waals surface area (Å²) in [6.07, 6.45) is 0.563. The molecule has 0 aliphatic carbocycles. The lowest BCUT2D eigenvalue weighted by Crippen LogP contribution is -2.13. The molecule has 0 radical (unpaired) electrons. The quantitative estimate of drug-likeness (QED) is 0.739. The molecule has 0 saturated carbocycles. The molecule has 2 aromatic carbocycles. The van der Waals surface area contributed by atoms with Gasteiger partial charge in [0.05, 0.1) is 4.47 Å². The zero-order valence-corrected chi connectivity index (χ0v) is 13.8. The molecule has 0 fully saturated rings. The van der Waals surface area contributed by atoms with Crippen LogP contribution in [0.2, 0.25) is 5.02 Å². The van der Waals surface area contributed by atoms with Crippen LogP contribution in [0, 0.1) is 5.82 Å². The van der Waals surface area contributed by atoms with Gasteiger partial charge in [0.1, 0.15) is 5.82 Å². The lowest BCUT2D eigenvalue weighted by atomic mass is 10.00. The molecule has 0 heterocycles. The van der Waals surface area contributed by atoms with Crippen molar-refractivity contribution in [3.05, 3.63) is 67.3 Å². The summed E-state index contributed by atoms with van der Waals surface area (Å²) in [5, 5.41) is 0.655. The van der Waals surface area contributed by atoms with Crippen LogP contribution in [-0.4, -0.2) is 0 Å². The Morgan fingerprint density at radius 1 is 1.16 bits per heavy atom. The van der Waals surface area contributed by atoms with Crippen molar-refractivity contribution in [1.82, 2.24) is 0 Å². The highest BCUT2D eigenvalue weighted by molar-refractivity contribution is 9.10. The summed E-state index contributed by atoms with van der Waals surface area (Å²) in [6, 6.07) is 10.3. The summed E-state index contributed by atoms with van der Waals surface area (Å²) in [5.74, 6) is -0.310. The minimum Gasteiger partial charge on any atom is -0.324 e. The summed E-state index contributed by atoms with van der Waals surface area (Å²) in [6.45, 7) is 0. The van der Waals surface area contributed by atoms with Crippen LogP contribution in [0.1, 0.15) is 17.2 Å². The van der Waals surface area contributed by atoms with Crippen molar-refractivity contribution in [2.24, 2.45) is 5.73 Å². The molecule has 0 amide bonds. The number of benzene rings is 2. The maximum absolute atomic E-state index is 13.5. The van der Waals surface area contributed by atoms with Gasteiger partial charge in [-0.3, -0.25) is 0 Å². The number of rotatable bonds is 3. The Morgan fingerprint density at radius 3 is 2.53 bits per heavy atom. The standard InChI is InChI=1S/C14H11Br2ClFN/c15-10-3-1-8(12(17)7-10)6-14(19)9-2-4-11(16)13(18)5-9/h1-5,7,14H,6,19H2. The topological polar surface area (TPSA) is 26.0 Å². The molecule has 2 N–H and O–H groups in total. The molecule has 19 heavy (non-hydrogen) atoms. The monoisotopic (exact) mass is 405 g/mol. The number of hydrogen-bond acceptors (Lipinski definition) is 1. The summed E-state index contributed by atoms with van der Waals surface area (Å²) in [7, 11) is 0. The van der Waals surface area contributed by atoms with Crippen LogP contribution in [0.15, 0.2) is 45.3 Å². The summed E-state index contributed by atoms with van der Waals surface area (Å²) in [4.78, 5) is 0. The number of nitrogens with two attached hydrogens (primary N) is 1. The van der Waals surface area contributed by atoms with Crippen molar-refractivity contribution >= 4 is 43.5 Å². The third-order valence-corrected chi connectivity index (χ3v) is 4.31. The number of hydrogen-bond donors (Lipinski definition) is 1. The summed E-state index contributed by atoms with van der Waals surface area (Å²) < 4.78 is 14.8. The molecule has 0 aliphatic heterocycles. The van der Waals surface area contributed by atoms with E-state index in [0.29, 0.717) is 15.9 Å². The first-order valence-electron chi connectivity index (χ1n) is 5.62. The van der Waals surface area contributed by atoms with Crippen molar-refractivity contribution in [3.8, 4) is 0 Å². The fraction of sp³-hybridized carbons (Fsp3) is 0.143. The van der Waals surface area contributed by atoms with Crippen LogP contribution < -0.4 is 5.73 Å². The Morgan fingerprint density at radius 2 is 1.89 bits per heavy atom. The van der Waals surface area contributed by atoms with Gasteiger partial charge >= 0.3 is 0 Å². The predicted molar refractivity (Wildman–Crippen MR) is 83.9 cm³/mol. The molecule has 2 rings (SSSR count). The Balaban J connectivity index is 2.20. The van der Waals surface area contributed by atoms with Crippen molar-refractivity contribution in [3.63, 3.8) is 0 Å². The van der Waals surface area contributed by atoms with Crippen molar-refractivity contribution in [1.29, 1.82) is 0 Å². The van der Waals surface area contributed by atoms with E-state index in [1.807, 2.05) is 24.3 Å². The first-order valence-corrected chi connectivity index (χ1v) is 7.58. The van der Waals surface area contributed by atoms with Crippen molar-refractivity contribution in [2.45, 2.75) is 12.5 Å². The molecule has 100 valence electrons. The van der Waals surface area contributed by atoms with Gasteiger partial charge < -0.3 is 5.73 Å². The second-order valence-corrected chi connectivity index (χ2v) is 6.40. The smallest absolute Gasteiger partial charge is 0.137 e. The summed E-state index contributed by atoms with van der Waals surface area (Å²) >= 11 is 12.6. The second-order valence-electron chi connectivity index (χ2n) is 4.22. The SMILES string of the molecule is NC(Cc1ccc(Br)cc1Cl)c1ccc(Br)c(F)c1. The van der Waals surface area contributed by atoms with Crippen molar-refractivity contribution in [2.75, 3.05) is 0 Å². The molecular formula is C14H11Br2ClFN. The van der Waals surface area contributed by atoms with E-state index in [2.05, 4.69) is 31.9 Å². The van der Waals surface area contributed by atoms with Gasteiger partial charge in [0, 0.05) is 15.5 Å². The minimum absolute atomic E-state index is 0.290. The zero-order chi connectivity index (χ0) is 14.0. The summed E-state index contributed by atoms with van der Waals surface area (Å²) in [5.41, 5.74) is 7.80. The highest BCUT2D eigenvalue weighted by Gasteiger charge is 2.11. The van der Waals surface area contributed by atoms with Crippen LogP contribution in [0.5, 0.6) is 0 Å². The van der Waals surface area contributed by atoms with Gasteiger partial charge in [-0.25, -0.2) is 4.39 Å². The maximum Gasteiger partial charge on any atom is 0.137 e. The van der Waals surface area contributed by atoms with Crippen LogP contribution in [0.4, 0.5) is 4.39 Å². The van der Waals surface area contributed by atoms with E-state index in [4.69, 9.17) is 17.3 Å². The fourth-order valence-corrected chi connectivity index (χ4v) is 2.78. The predicted octanol–water partition coefficient (Wildman–Crippen LogP) is 5.25. The molecule has 0 aromatic heterocycles. The highest BCUT2D eigenvalue weighted by Crippen LogP contribution is 2.26. The molecule has 0 bridgehead atoms. The molecule has 1 atom stereocenters. The molecule has 0 saturated heterocycles. The van der Waals surface area contributed by atoms with E-state index >= 15 is 0 Å². The van der Waals surface area contributed by atoms with Crippen LogP contribution >= 0.6 is 43.5 Å². The lowest BCUT2D eigenvalue weighted by Gasteiger charge is -2.14. The van der Waals surface area contributed by atoms with Gasteiger partial charge in [-0.05, 0) is 57.7 Å². The third kappa shape index (κ3) is 3.78. The average Bonchev–Trinajstić information content (AvgIpc) is 2.36. The molecule has 2 aromatic rings. The fourth-order valence-electron chi connectivity index (χ4n) is 1.79. The van der Waals surface area contributed by atoms with E-state index < -0.39 is 0 Å². The molecule has 5 heteroatoms. The largest absolute Gasteiger partial charge is 0.324 e. The molecule has 0 aliphatic rings. The van der Waals surface area contributed by atoms with Crippen LogP contribution in [0.25, 0.3) is 0 Å². The molecule has 0 spiro atoms. The van der Waals surface area contributed by atoms with E-state index in [1.165, 1.54) is 6.07 Å². The van der Waals surface area contributed by atoms with E-state index in [-0.39, 0.29) is 11.9 Å². The maximum atomic E-state index is 13.5. The number of halogens is 4. The Bertz CT molecular complexity index is 604. The van der Waals surface area contributed by atoms with Gasteiger partial charge in [-0.1, -0.05) is 39.7 Å². The zero-order valence-electron chi connectivity index (χ0n) is 9.84. The Labute approximate surface area is 133 Å².